The van der Waals surface area contributed by atoms with Crippen LogP contribution in [0.15, 0.2) is 42.5 Å². The summed E-state index contributed by atoms with van der Waals surface area (Å²) in [5, 5.41) is 0. The lowest BCUT2D eigenvalue weighted by molar-refractivity contribution is 0.0987. The van der Waals surface area contributed by atoms with Gasteiger partial charge in [-0.3, -0.25) is 4.79 Å². The minimum atomic E-state index is -0.327. The lowest BCUT2D eigenvalue weighted by atomic mass is 10.1. The van der Waals surface area contributed by atoms with Crippen molar-refractivity contribution in [1.82, 2.24) is 0 Å². The first kappa shape index (κ1) is 14.4. The fourth-order valence-electron chi connectivity index (χ4n) is 2.40. The monoisotopic (exact) mass is 301 g/mol. The summed E-state index contributed by atoms with van der Waals surface area (Å²) in [6.07, 6.45) is 0. The summed E-state index contributed by atoms with van der Waals surface area (Å²) in [6, 6.07) is 11.0. The second-order valence-corrected chi connectivity index (χ2v) is 4.88. The number of ether oxygens (including phenoxy) is 2. The highest BCUT2D eigenvalue weighted by atomic mass is 19.1. The van der Waals surface area contributed by atoms with Gasteiger partial charge in [-0.2, -0.15) is 0 Å². The molecule has 1 amide bonds. The molecular weight excluding hydrogens is 285 g/mol. The molecule has 22 heavy (non-hydrogen) atoms. The van der Waals surface area contributed by atoms with Gasteiger partial charge in [0.15, 0.2) is 11.5 Å². The van der Waals surface area contributed by atoms with Gasteiger partial charge in [0.1, 0.15) is 19.0 Å². The Hall–Kier alpha value is -2.56. The summed E-state index contributed by atoms with van der Waals surface area (Å²) >= 11 is 0. The van der Waals surface area contributed by atoms with Crippen LogP contribution in [-0.2, 0) is 0 Å². The summed E-state index contributed by atoms with van der Waals surface area (Å²) in [5.41, 5.74) is 1.17. The van der Waals surface area contributed by atoms with Crippen LogP contribution in [0.4, 0.5) is 10.1 Å². The molecule has 0 atom stereocenters. The molecule has 0 fully saturated rings. The first-order chi connectivity index (χ1) is 10.7. The molecule has 1 heterocycles. The molecule has 0 saturated carbocycles. The van der Waals surface area contributed by atoms with E-state index in [-0.39, 0.29) is 11.7 Å². The molecule has 114 valence electrons. The first-order valence-corrected chi connectivity index (χ1v) is 7.16. The van der Waals surface area contributed by atoms with Crippen molar-refractivity contribution in [2.75, 3.05) is 24.7 Å². The van der Waals surface area contributed by atoms with Crippen LogP contribution in [-0.4, -0.2) is 25.7 Å². The standard InChI is InChI=1S/C17H16FNO3/c1-2-19(14-6-4-13(18)5-7-14)17(20)12-3-8-15-16(11-12)22-10-9-21-15/h3-8,11H,2,9-10H2,1H3. The van der Waals surface area contributed by atoms with Gasteiger partial charge in [-0.1, -0.05) is 0 Å². The van der Waals surface area contributed by atoms with Crippen LogP contribution in [0.3, 0.4) is 0 Å². The van der Waals surface area contributed by atoms with Crippen molar-refractivity contribution < 1.29 is 18.7 Å². The van der Waals surface area contributed by atoms with Gasteiger partial charge in [0.25, 0.3) is 5.91 Å². The summed E-state index contributed by atoms with van der Waals surface area (Å²) in [4.78, 5) is 14.3. The lowest BCUT2D eigenvalue weighted by Crippen LogP contribution is -2.30. The van der Waals surface area contributed by atoms with Crippen molar-refractivity contribution in [2.24, 2.45) is 0 Å². The molecule has 0 aromatic heterocycles. The Balaban J connectivity index is 1.89. The zero-order chi connectivity index (χ0) is 15.5. The summed E-state index contributed by atoms with van der Waals surface area (Å²) in [6.45, 7) is 3.34. The SMILES string of the molecule is CCN(C(=O)c1ccc2c(c1)OCCO2)c1ccc(F)cc1. The molecule has 1 aliphatic rings. The van der Waals surface area contributed by atoms with Gasteiger partial charge in [-0.05, 0) is 49.4 Å². The Morgan fingerprint density at radius 2 is 1.77 bits per heavy atom. The smallest absolute Gasteiger partial charge is 0.258 e. The van der Waals surface area contributed by atoms with Crippen LogP contribution in [0.5, 0.6) is 11.5 Å². The van der Waals surface area contributed by atoms with Crippen molar-refractivity contribution in [1.29, 1.82) is 0 Å². The fraction of sp³-hybridized carbons (Fsp3) is 0.235. The van der Waals surface area contributed by atoms with Crippen molar-refractivity contribution >= 4 is 11.6 Å². The molecule has 5 heteroatoms. The van der Waals surface area contributed by atoms with Gasteiger partial charge in [-0.25, -0.2) is 4.39 Å². The molecule has 0 unspecified atom stereocenters. The predicted molar refractivity (Wildman–Crippen MR) is 81.2 cm³/mol. The average molecular weight is 301 g/mol. The van der Waals surface area contributed by atoms with E-state index < -0.39 is 0 Å². The maximum absolute atomic E-state index is 13.0. The molecule has 0 N–H and O–H groups in total. The van der Waals surface area contributed by atoms with E-state index in [2.05, 4.69) is 0 Å². The Labute approximate surface area is 128 Å². The number of carbonyl (C=O) groups excluding carboxylic acids is 1. The van der Waals surface area contributed by atoms with Crippen LogP contribution in [0.2, 0.25) is 0 Å². The molecule has 0 aliphatic carbocycles. The number of amides is 1. The Morgan fingerprint density at radius 3 is 2.45 bits per heavy atom. The van der Waals surface area contributed by atoms with Crippen molar-refractivity contribution in [3.05, 3.63) is 53.8 Å². The van der Waals surface area contributed by atoms with E-state index in [0.29, 0.717) is 42.5 Å². The highest BCUT2D eigenvalue weighted by Gasteiger charge is 2.19. The van der Waals surface area contributed by atoms with Crippen molar-refractivity contribution in [3.63, 3.8) is 0 Å². The van der Waals surface area contributed by atoms with Crippen LogP contribution < -0.4 is 14.4 Å². The van der Waals surface area contributed by atoms with E-state index in [0.717, 1.165) is 0 Å². The summed E-state index contributed by atoms with van der Waals surface area (Å²) in [7, 11) is 0. The lowest BCUT2D eigenvalue weighted by Gasteiger charge is -2.23. The number of fused-ring (bicyclic) bond motifs is 1. The Kier molecular flexibility index (Phi) is 3.96. The maximum atomic E-state index is 13.0. The summed E-state index contributed by atoms with van der Waals surface area (Å²) in [5.74, 6) is 0.734. The van der Waals surface area contributed by atoms with Gasteiger partial charge >= 0.3 is 0 Å². The zero-order valence-electron chi connectivity index (χ0n) is 12.2. The fourth-order valence-corrected chi connectivity index (χ4v) is 2.40. The van der Waals surface area contributed by atoms with E-state index in [1.165, 1.54) is 12.1 Å². The number of halogens is 1. The molecular formula is C17H16FNO3. The van der Waals surface area contributed by atoms with E-state index >= 15 is 0 Å². The minimum absolute atomic E-state index is 0.161. The second-order valence-electron chi connectivity index (χ2n) is 4.88. The maximum Gasteiger partial charge on any atom is 0.258 e. The third-order valence-electron chi connectivity index (χ3n) is 3.49. The third-order valence-corrected chi connectivity index (χ3v) is 3.49. The van der Waals surface area contributed by atoms with E-state index in [9.17, 15) is 9.18 Å². The Morgan fingerprint density at radius 1 is 1.09 bits per heavy atom. The molecule has 0 spiro atoms. The minimum Gasteiger partial charge on any atom is -0.486 e. The number of hydrogen-bond acceptors (Lipinski definition) is 3. The summed E-state index contributed by atoms with van der Waals surface area (Å²) < 4.78 is 24.0. The van der Waals surface area contributed by atoms with Gasteiger partial charge in [0.2, 0.25) is 0 Å². The van der Waals surface area contributed by atoms with Crippen LogP contribution in [0.1, 0.15) is 17.3 Å². The van der Waals surface area contributed by atoms with Gasteiger partial charge in [-0.15, -0.1) is 0 Å². The quantitative estimate of drug-likeness (QED) is 0.873. The number of rotatable bonds is 3. The predicted octanol–water partition coefficient (Wildman–Crippen LogP) is 3.26. The molecule has 0 radical (unpaired) electrons. The largest absolute Gasteiger partial charge is 0.486 e. The van der Waals surface area contributed by atoms with Gasteiger partial charge < -0.3 is 14.4 Å². The molecule has 2 aromatic rings. The number of anilines is 1. The number of benzene rings is 2. The van der Waals surface area contributed by atoms with E-state index in [1.54, 1.807) is 35.2 Å². The molecule has 0 bridgehead atoms. The highest BCUT2D eigenvalue weighted by Crippen LogP contribution is 2.31. The first-order valence-electron chi connectivity index (χ1n) is 7.16. The number of nitrogens with zero attached hydrogens (tertiary/aromatic N) is 1. The Bertz CT molecular complexity index is 685. The molecule has 3 rings (SSSR count). The second kappa shape index (κ2) is 6.05. The van der Waals surface area contributed by atoms with E-state index in [1.807, 2.05) is 6.92 Å². The average Bonchev–Trinajstić information content (AvgIpc) is 2.56. The topological polar surface area (TPSA) is 38.8 Å². The zero-order valence-corrected chi connectivity index (χ0v) is 12.2. The van der Waals surface area contributed by atoms with Crippen LogP contribution in [0.25, 0.3) is 0 Å². The normalized spacial score (nSPS) is 12.8. The van der Waals surface area contributed by atoms with Crippen molar-refractivity contribution in [2.45, 2.75) is 6.92 Å². The van der Waals surface area contributed by atoms with Gasteiger partial charge in [0, 0.05) is 17.8 Å². The number of carbonyl (C=O) groups is 1. The van der Waals surface area contributed by atoms with Crippen molar-refractivity contribution in [3.8, 4) is 11.5 Å². The molecule has 1 aliphatic heterocycles. The van der Waals surface area contributed by atoms with Gasteiger partial charge in [0.05, 0.1) is 0 Å². The van der Waals surface area contributed by atoms with E-state index in [4.69, 9.17) is 9.47 Å². The highest BCUT2D eigenvalue weighted by molar-refractivity contribution is 6.06. The molecule has 4 nitrogen and oxygen atoms in total. The number of hydrogen-bond donors (Lipinski definition) is 0. The van der Waals surface area contributed by atoms with Crippen LogP contribution in [0, 0.1) is 5.82 Å². The molecule has 2 aromatic carbocycles. The van der Waals surface area contributed by atoms with Crippen LogP contribution >= 0.6 is 0 Å². The third kappa shape index (κ3) is 2.74. The molecule has 0 saturated heterocycles.